The van der Waals surface area contributed by atoms with E-state index in [0.717, 1.165) is 6.42 Å². The largest absolute Gasteiger partial charge is 0.465 e. The Kier molecular flexibility index (Phi) is 4.39. The molecule has 0 saturated carbocycles. The molecule has 0 aromatic heterocycles. The van der Waals surface area contributed by atoms with Crippen LogP contribution in [0.1, 0.15) is 23.2 Å². The van der Waals surface area contributed by atoms with E-state index in [2.05, 4.69) is 10.1 Å². The summed E-state index contributed by atoms with van der Waals surface area (Å²) in [7, 11) is 1.29. The lowest BCUT2D eigenvalue weighted by atomic mass is 10.2. The molecule has 1 aromatic rings. The van der Waals surface area contributed by atoms with Gasteiger partial charge < -0.3 is 14.8 Å². The Balaban J connectivity index is 2.14. The van der Waals surface area contributed by atoms with Crippen molar-refractivity contribution >= 4 is 29.2 Å². The van der Waals surface area contributed by atoms with Crippen LogP contribution in [0, 0.1) is 0 Å². The molecule has 0 bridgehead atoms. The highest BCUT2D eigenvalue weighted by Crippen LogP contribution is 2.24. The number of carbonyl (C=O) groups excluding carboxylic acids is 2. The maximum atomic E-state index is 11.9. The van der Waals surface area contributed by atoms with Crippen LogP contribution < -0.4 is 5.32 Å². The predicted molar refractivity (Wildman–Crippen MR) is 70.4 cm³/mol. The standard InChI is InChI=1S/C13H14ClNO4/c1-18-13(17)8-4-5-9(14)10(7-8)15-12(16)11-3-2-6-19-11/h4-5,7,11H,2-3,6H2,1H3,(H,15,16). The first-order valence-electron chi connectivity index (χ1n) is 5.92. The van der Waals surface area contributed by atoms with Crippen LogP contribution in [0.25, 0.3) is 0 Å². The summed E-state index contributed by atoms with van der Waals surface area (Å²) in [5.41, 5.74) is 0.708. The molecule has 1 unspecified atom stereocenters. The maximum Gasteiger partial charge on any atom is 0.337 e. The van der Waals surface area contributed by atoms with Gasteiger partial charge >= 0.3 is 5.97 Å². The van der Waals surface area contributed by atoms with Gasteiger partial charge in [-0.3, -0.25) is 4.79 Å². The molecule has 19 heavy (non-hydrogen) atoms. The van der Waals surface area contributed by atoms with E-state index in [9.17, 15) is 9.59 Å². The summed E-state index contributed by atoms with van der Waals surface area (Å²) < 4.78 is 9.90. The number of carbonyl (C=O) groups is 2. The smallest absolute Gasteiger partial charge is 0.337 e. The molecular weight excluding hydrogens is 270 g/mol. The van der Waals surface area contributed by atoms with Crippen LogP contribution in [0.4, 0.5) is 5.69 Å². The maximum absolute atomic E-state index is 11.9. The number of anilines is 1. The van der Waals surface area contributed by atoms with Gasteiger partial charge in [-0.2, -0.15) is 0 Å². The summed E-state index contributed by atoms with van der Waals surface area (Å²) in [4.78, 5) is 23.3. The summed E-state index contributed by atoms with van der Waals surface area (Å²) in [5, 5.41) is 3.03. The van der Waals surface area contributed by atoms with Crippen LogP contribution in [0.15, 0.2) is 18.2 Å². The van der Waals surface area contributed by atoms with Crippen LogP contribution in [0.3, 0.4) is 0 Å². The lowest BCUT2D eigenvalue weighted by Gasteiger charge is -2.12. The van der Waals surface area contributed by atoms with E-state index in [0.29, 0.717) is 29.3 Å². The first-order chi connectivity index (χ1) is 9.11. The van der Waals surface area contributed by atoms with Gasteiger partial charge in [0, 0.05) is 6.61 Å². The lowest BCUT2D eigenvalue weighted by molar-refractivity contribution is -0.124. The molecule has 1 amide bonds. The van der Waals surface area contributed by atoms with Crippen molar-refractivity contribution in [3.05, 3.63) is 28.8 Å². The molecule has 6 heteroatoms. The molecule has 1 saturated heterocycles. The highest BCUT2D eigenvalue weighted by atomic mass is 35.5. The monoisotopic (exact) mass is 283 g/mol. The Morgan fingerprint density at radius 2 is 2.26 bits per heavy atom. The zero-order valence-corrected chi connectivity index (χ0v) is 11.2. The van der Waals surface area contributed by atoms with Crippen LogP contribution in [0.2, 0.25) is 5.02 Å². The SMILES string of the molecule is COC(=O)c1ccc(Cl)c(NC(=O)C2CCCO2)c1. The number of ether oxygens (including phenoxy) is 2. The fraction of sp³-hybridized carbons (Fsp3) is 0.385. The quantitative estimate of drug-likeness (QED) is 0.864. The van der Waals surface area contributed by atoms with E-state index in [1.54, 1.807) is 6.07 Å². The number of halogens is 1. The zero-order chi connectivity index (χ0) is 13.8. The number of methoxy groups -OCH3 is 1. The van der Waals surface area contributed by atoms with Crippen molar-refractivity contribution in [3.8, 4) is 0 Å². The van der Waals surface area contributed by atoms with E-state index in [-0.39, 0.29) is 5.91 Å². The Bertz CT molecular complexity index is 497. The minimum atomic E-state index is -0.482. The normalized spacial score (nSPS) is 18.1. The molecule has 0 aliphatic carbocycles. The van der Waals surface area contributed by atoms with Gasteiger partial charge in [-0.05, 0) is 31.0 Å². The topological polar surface area (TPSA) is 64.6 Å². The number of hydrogen-bond acceptors (Lipinski definition) is 4. The van der Waals surface area contributed by atoms with Crippen LogP contribution >= 0.6 is 11.6 Å². The number of amides is 1. The molecule has 2 rings (SSSR count). The third-order valence-corrected chi connectivity index (χ3v) is 3.20. The third kappa shape index (κ3) is 3.24. The first-order valence-corrected chi connectivity index (χ1v) is 6.30. The molecule has 0 radical (unpaired) electrons. The summed E-state index contributed by atoms with van der Waals surface area (Å²) in [6, 6.07) is 4.57. The molecule has 1 N–H and O–H groups in total. The van der Waals surface area contributed by atoms with E-state index >= 15 is 0 Å². The molecule has 102 valence electrons. The minimum Gasteiger partial charge on any atom is -0.465 e. The lowest BCUT2D eigenvalue weighted by Crippen LogP contribution is -2.27. The van der Waals surface area contributed by atoms with Gasteiger partial charge in [0.2, 0.25) is 0 Å². The van der Waals surface area contributed by atoms with Gasteiger partial charge in [0.05, 0.1) is 23.4 Å². The zero-order valence-electron chi connectivity index (χ0n) is 10.4. The molecular formula is C13H14ClNO4. The molecule has 1 atom stereocenters. The van der Waals surface area contributed by atoms with E-state index in [1.807, 2.05) is 0 Å². The first kappa shape index (κ1) is 13.8. The minimum absolute atomic E-state index is 0.249. The average Bonchev–Trinajstić information content (AvgIpc) is 2.94. The van der Waals surface area contributed by atoms with Crippen molar-refractivity contribution in [2.45, 2.75) is 18.9 Å². The molecule has 1 heterocycles. The molecule has 0 spiro atoms. The number of nitrogens with one attached hydrogen (secondary N) is 1. The Morgan fingerprint density at radius 3 is 2.89 bits per heavy atom. The van der Waals surface area contributed by atoms with Crippen molar-refractivity contribution in [3.63, 3.8) is 0 Å². The van der Waals surface area contributed by atoms with Crippen molar-refractivity contribution in [1.82, 2.24) is 0 Å². The van der Waals surface area contributed by atoms with Gasteiger partial charge in [0.15, 0.2) is 0 Å². The second-order valence-corrected chi connectivity index (χ2v) is 4.58. The van der Waals surface area contributed by atoms with Crippen LogP contribution in [-0.4, -0.2) is 31.7 Å². The van der Waals surface area contributed by atoms with Gasteiger partial charge in [0.25, 0.3) is 5.91 Å². The molecule has 1 aliphatic rings. The van der Waals surface area contributed by atoms with Gasteiger partial charge in [-0.15, -0.1) is 0 Å². The van der Waals surface area contributed by atoms with E-state index in [1.165, 1.54) is 19.2 Å². The number of benzene rings is 1. The van der Waals surface area contributed by atoms with Crippen molar-refractivity contribution in [1.29, 1.82) is 0 Å². The molecule has 5 nitrogen and oxygen atoms in total. The van der Waals surface area contributed by atoms with Crippen molar-refractivity contribution < 1.29 is 19.1 Å². The predicted octanol–water partition coefficient (Wildman–Crippen LogP) is 2.24. The fourth-order valence-electron chi connectivity index (χ4n) is 1.86. The van der Waals surface area contributed by atoms with Crippen molar-refractivity contribution in [2.24, 2.45) is 0 Å². The second-order valence-electron chi connectivity index (χ2n) is 4.18. The number of esters is 1. The third-order valence-electron chi connectivity index (χ3n) is 2.87. The Morgan fingerprint density at radius 1 is 1.47 bits per heavy atom. The summed E-state index contributed by atoms with van der Waals surface area (Å²) in [6.07, 6.45) is 1.12. The van der Waals surface area contributed by atoms with Gasteiger partial charge in [-0.25, -0.2) is 4.79 Å². The number of hydrogen-bond donors (Lipinski definition) is 1. The summed E-state index contributed by atoms with van der Waals surface area (Å²) in [6.45, 7) is 0.591. The van der Waals surface area contributed by atoms with Gasteiger partial charge in [-0.1, -0.05) is 11.6 Å². The summed E-state index contributed by atoms with van der Waals surface area (Å²) >= 11 is 5.99. The van der Waals surface area contributed by atoms with E-state index < -0.39 is 12.1 Å². The highest BCUT2D eigenvalue weighted by Gasteiger charge is 2.24. The van der Waals surface area contributed by atoms with Crippen LogP contribution in [0.5, 0.6) is 0 Å². The van der Waals surface area contributed by atoms with E-state index in [4.69, 9.17) is 16.3 Å². The van der Waals surface area contributed by atoms with Crippen LogP contribution in [-0.2, 0) is 14.3 Å². The van der Waals surface area contributed by atoms with Gasteiger partial charge in [0.1, 0.15) is 6.10 Å². The van der Waals surface area contributed by atoms with Crippen molar-refractivity contribution in [2.75, 3.05) is 19.0 Å². The molecule has 1 aromatic carbocycles. The summed E-state index contributed by atoms with van der Waals surface area (Å²) in [5.74, 6) is -0.731. The Labute approximate surface area is 115 Å². The molecule has 1 fully saturated rings. The fourth-order valence-corrected chi connectivity index (χ4v) is 2.03. The highest BCUT2D eigenvalue weighted by molar-refractivity contribution is 6.33. The molecule has 1 aliphatic heterocycles. The number of rotatable bonds is 3. The average molecular weight is 284 g/mol. The Hall–Kier alpha value is -1.59. The second kappa shape index (κ2) is 6.04.